The van der Waals surface area contributed by atoms with E-state index in [1.54, 1.807) is 12.4 Å². The Balaban J connectivity index is 1.91. The van der Waals surface area contributed by atoms with Crippen LogP contribution in [0.2, 0.25) is 0 Å². The SMILES string of the molecule is c1c[nH]c(NCc2nnco2)n1. The number of aromatic amines is 1. The maximum Gasteiger partial charge on any atom is 0.235 e. The van der Waals surface area contributed by atoms with E-state index in [0.29, 0.717) is 18.4 Å². The Morgan fingerprint density at radius 2 is 2.58 bits per heavy atom. The van der Waals surface area contributed by atoms with Gasteiger partial charge in [-0.1, -0.05) is 0 Å². The molecule has 0 atom stereocenters. The van der Waals surface area contributed by atoms with Crippen LogP contribution in [-0.2, 0) is 6.54 Å². The van der Waals surface area contributed by atoms with Gasteiger partial charge < -0.3 is 14.7 Å². The van der Waals surface area contributed by atoms with Gasteiger partial charge in [0.2, 0.25) is 18.2 Å². The molecule has 0 saturated carbocycles. The second kappa shape index (κ2) is 3.04. The highest BCUT2D eigenvalue weighted by Gasteiger charge is 1.98. The third-order valence-corrected chi connectivity index (χ3v) is 1.31. The number of aromatic nitrogens is 4. The molecule has 0 aromatic carbocycles. The van der Waals surface area contributed by atoms with Gasteiger partial charge in [0, 0.05) is 12.4 Å². The van der Waals surface area contributed by atoms with Crippen LogP contribution in [0.4, 0.5) is 5.95 Å². The lowest BCUT2D eigenvalue weighted by Gasteiger charge is -1.95. The summed E-state index contributed by atoms with van der Waals surface area (Å²) >= 11 is 0. The highest BCUT2D eigenvalue weighted by atomic mass is 16.4. The van der Waals surface area contributed by atoms with Crippen LogP contribution >= 0.6 is 0 Å². The molecule has 2 aromatic rings. The van der Waals surface area contributed by atoms with Crippen LogP contribution in [0.1, 0.15) is 5.89 Å². The summed E-state index contributed by atoms with van der Waals surface area (Å²) in [6.07, 6.45) is 4.69. The average molecular weight is 165 g/mol. The van der Waals surface area contributed by atoms with Gasteiger partial charge in [0.1, 0.15) is 0 Å². The maximum atomic E-state index is 4.91. The molecule has 0 fully saturated rings. The molecule has 2 rings (SSSR count). The molecule has 0 aliphatic rings. The molecule has 0 amide bonds. The number of nitrogens with one attached hydrogen (secondary N) is 2. The number of nitrogens with zero attached hydrogens (tertiary/aromatic N) is 3. The van der Waals surface area contributed by atoms with Crippen LogP contribution in [0.5, 0.6) is 0 Å². The number of rotatable bonds is 3. The van der Waals surface area contributed by atoms with Gasteiger partial charge in [-0.25, -0.2) is 4.98 Å². The molecule has 0 aliphatic heterocycles. The van der Waals surface area contributed by atoms with E-state index in [-0.39, 0.29) is 0 Å². The van der Waals surface area contributed by atoms with E-state index >= 15 is 0 Å². The summed E-state index contributed by atoms with van der Waals surface area (Å²) < 4.78 is 4.91. The number of anilines is 1. The molecule has 2 heterocycles. The van der Waals surface area contributed by atoms with Gasteiger partial charge in [0.15, 0.2) is 0 Å². The monoisotopic (exact) mass is 165 g/mol. The number of hydrogen-bond acceptors (Lipinski definition) is 5. The first kappa shape index (κ1) is 6.84. The Kier molecular flexibility index (Phi) is 1.73. The fourth-order valence-electron chi connectivity index (χ4n) is 0.794. The standard InChI is InChI=1S/C6H7N5O/c1-2-8-6(7-1)9-3-5-11-10-4-12-5/h1-2,4H,3H2,(H2,7,8,9). The largest absolute Gasteiger partial charge is 0.426 e. The van der Waals surface area contributed by atoms with E-state index in [9.17, 15) is 0 Å². The summed E-state index contributed by atoms with van der Waals surface area (Å²) in [6, 6.07) is 0. The Morgan fingerprint density at radius 3 is 3.25 bits per heavy atom. The van der Waals surface area contributed by atoms with Crippen molar-refractivity contribution < 1.29 is 4.42 Å². The summed E-state index contributed by atoms with van der Waals surface area (Å²) in [5.74, 6) is 1.22. The Labute approximate surface area is 68.0 Å². The van der Waals surface area contributed by atoms with E-state index in [1.165, 1.54) is 6.39 Å². The first-order valence-corrected chi connectivity index (χ1v) is 3.43. The van der Waals surface area contributed by atoms with E-state index in [4.69, 9.17) is 4.42 Å². The van der Waals surface area contributed by atoms with Crippen LogP contribution in [0.25, 0.3) is 0 Å². The van der Waals surface area contributed by atoms with Gasteiger partial charge >= 0.3 is 0 Å². The zero-order valence-electron chi connectivity index (χ0n) is 6.19. The van der Waals surface area contributed by atoms with Crippen molar-refractivity contribution in [2.75, 3.05) is 5.32 Å². The lowest BCUT2D eigenvalue weighted by atomic mass is 10.6. The van der Waals surface area contributed by atoms with Gasteiger partial charge in [-0.3, -0.25) is 0 Å². The van der Waals surface area contributed by atoms with E-state index in [0.717, 1.165) is 0 Å². The molecule has 0 saturated heterocycles. The average Bonchev–Trinajstić information content (AvgIpc) is 2.74. The summed E-state index contributed by atoms with van der Waals surface area (Å²) in [4.78, 5) is 6.85. The minimum absolute atomic E-state index is 0.480. The molecule has 0 aliphatic carbocycles. The van der Waals surface area contributed by atoms with Gasteiger partial charge in [0.25, 0.3) is 0 Å². The minimum atomic E-state index is 0.480. The fourth-order valence-corrected chi connectivity index (χ4v) is 0.794. The highest BCUT2D eigenvalue weighted by Crippen LogP contribution is 1.98. The van der Waals surface area contributed by atoms with Crippen molar-refractivity contribution in [3.8, 4) is 0 Å². The number of H-pyrrole nitrogens is 1. The second-order valence-electron chi connectivity index (χ2n) is 2.12. The van der Waals surface area contributed by atoms with Gasteiger partial charge in [-0.15, -0.1) is 10.2 Å². The van der Waals surface area contributed by atoms with Crippen molar-refractivity contribution in [2.45, 2.75) is 6.54 Å². The normalized spacial score (nSPS) is 10.0. The lowest BCUT2D eigenvalue weighted by Crippen LogP contribution is -2.00. The summed E-state index contributed by atoms with van der Waals surface area (Å²) in [7, 11) is 0. The van der Waals surface area contributed by atoms with Crippen molar-refractivity contribution in [2.24, 2.45) is 0 Å². The molecule has 62 valence electrons. The first-order chi connectivity index (χ1) is 5.95. The van der Waals surface area contributed by atoms with Gasteiger partial charge in [0.05, 0.1) is 6.54 Å². The quantitative estimate of drug-likeness (QED) is 0.688. The Morgan fingerprint density at radius 1 is 1.58 bits per heavy atom. The molecular formula is C6H7N5O. The van der Waals surface area contributed by atoms with Crippen LogP contribution in [0.3, 0.4) is 0 Å². The van der Waals surface area contributed by atoms with Crippen LogP contribution in [0.15, 0.2) is 23.2 Å². The molecule has 0 radical (unpaired) electrons. The molecule has 0 unspecified atom stereocenters. The Hall–Kier alpha value is -1.85. The zero-order chi connectivity index (χ0) is 8.23. The van der Waals surface area contributed by atoms with E-state index in [2.05, 4.69) is 25.5 Å². The predicted octanol–water partition coefficient (Wildman–Crippen LogP) is 0.405. The van der Waals surface area contributed by atoms with E-state index in [1.807, 2.05) is 0 Å². The molecule has 12 heavy (non-hydrogen) atoms. The summed E-state index contributed by atoms with van der Waals surface area (Å²) in [5.41, 5.74) is 0. The minimum Gasteiger partial charge on any atom is -0.426 e. The van der Waals surface area contributed by atoms with Crippen LogP contribution < -0.4 is 5.32 Å². The first-order valence-electron chi connectivity index (χ1n) is 3.43. The molecule has 0 bridgehead atoms. The molecule has 0 spiro atoms. The third-order valence-electron chi connectivity index (χ3n) is 1.31. The summed E-state index contributed by atoms with van der Waals surface area (Å²) in [6.45, 7) is 0.480. The smallest absolute Gasteiger partial charge is 0.235 e. The van der Waals surface area contributed by atoms with Crippen molar-refractivity contribution >= 4 is 5.95 Å². The summed E-state index contributed by atoms with van der Waals surface area (Å²) in [5, 5.41) is 10.2. The van der Waals surface area contributed by atoms with Crippen molar-refractivity contribution in [1.82, 2.24) is 20.2 Å². The molecular weight excluding hydrogens is 158 g/mol. The highest BCUT2D eigenvalue weighted by molar-refractivity contribution is 5.22. The number of hydrogen-bond donors (Lipinski definition) is 2. The lowest BCUT2D eigenvalue weighted by molar-refractivity contribution is 0.501. The molecule has 2 N–H and O–H groups in total. The topological polar surface area (TPSA) is 79.6 Å². The molecule has 6 nitrogen and oxygen atoms in total. The van der Waals surface area contributed by atoms with E-state index < -0.39 is 0 Å². The van der Waals surface area contributed by atoms with Crippen molar-refractivity contribution in [3.05, 3.63) is 24.7 Å². The Bertz CT molecular complexity index is 279. The van der Waals surface area contributed by atoms with Crippen LogP contribution in [-0.4, -0.2) is 20.2 Å². The van der Waals surface area contributed by atoms with Crippen LogP contribution in [0, 0.1) is 0 Å². The number of imidazole rings is 1. The maximum absolute atomic E-state index is 4.91. The van der Waals surface area contributed by atoms with Gasteiger partial charge in [-0.05, 0) is 0 Å². The predicted molar refractivity (Wildman–Crippen MR) is 40.2 cm³/mol. The third kappa shape index (κ3) is 1.42. The van der Waals surface area contributed by atoms with Gasteiger partial charge in [-0.2, -0.15) is 0 Å². The fraction of sp³-hybridized carbons (Fsp3) is 0.167. The zero-order valence-corrected chi connectivity index (χ0v) is 6.19. The molecule has 6 heteroatoms. The van der Waals surface area contributed by atoms with Crippen molar-refractivity contribution in [1.29, 1.82) is 0 Å². The second-order valence-corrected chi connectivity index (χ2v) is 2.12. The van der Waals surface area contributed by atoms with Crippen molar-refractivity contribution in [3.63, 3.8) is 0 Å². The molecule has 2 aromatic heterocycles.